The Bertz CT molecular complexity index is 490. The average molecular weight is 286 g/mol. The molecule has 0 bridgehead atoms. The molecule has 0 aromatic heterocycles. The van der Waals surface area contributed by atoms with Crippen LogP contribution in [0.15, 0.2) is 35.9 Å². The predicted molar refractivity (Wildman–Crippen MR) is 88.4 cm³/mol. The summed E-state index contributed by atoms with van der Waals surface area (Å²) in [4.78, 5) is 12.1. The highest BCUT2D eigenvalue weighted by Gasteiger charge is 2.12. The molecule has 1 aliphatic rings. The van der Waals surface area contributed by atoms with Gasteiger partial charge in [0.05, 0.1) is 6.04 Å². The number of amides is 1. The van der Waals surface area contributed by atoms with E-state index in [0.717, 1.165) is 18.7 Å². The van der Waals surface area contributed by atoms with Crippen molar-refractivity contribution in [2.45, 2.75) is 52.0 Å². The van der Waals surface area contributed by atoms with E-state index >= 15 is 0 Å². The van der Waals surface area contributed by atoms with Gasteiger partial charge in [0, 0.05) is 5.69 Å². The highest BCUT2D eigenvalue weighted by molar-refractivity contribution is 5.94. The molecule has 3 nitrogen and oxygen atoms in total. The molecule has 3 heteroatoms. The van der Waals surface area contributed by atoms with Crippen molar-refractivity contribution in [3.05, 3.63) is 41.5 Å². The summed E-state index contributed by atoms with van der Waals surface area (Å²) in [5.74, 6) is 0.0245. The van der Waals surface area contributed by atoms with Crippen LogP contribution in [0.25, 0.3) is 0 Å². The molecule has 0 saturated heterocycles. The molecule has 1 aromatic carbocycles. The number of nitrogens with one attached hydrogen (secondary N) is 2. The number of anilines is 1. The minimum Gasteiger partial charge on any atom is -0.325 e. The Hall–Kier alpha value is -1.61. The van der Waals surface area contributed by atoms with Gasteiger partial charge in [0.1, 0.15) is 0 Å². The molecule has 0 radical (unpaired) electrons. The molecule has 1 aromatic rings. The van der Waals surface area contributed by atoms with Crippen molar-refractivity contribution >= 4 is 11.6 Å². The fraction of sp³-hybridized carbons (Fsp3) is 0.500. The Morgan fingerprint density at radius 1 is 1.24 bits per heavy atom. The van der Waals surface area contributed by atoms with Gasteiger partial charge in [0.2, 0.25) is 5.91 Å². The van der Waals surface area contributed by atoms with E-state index in [9.17, 15) is 4.79 Å². The summed E-state index contributed by atoms with van der Waals surface area (Å²) in [6, 6.07) is 7.71. The standard InChI is InChI=1S/C18H26N2O/c1-14-8-10-17(11-9-14)20-18(21)15(2)19-13-12-16-6-4-3-5-7-16/h6,8-11,15,19H,3-5,7,12-13H2,1-2H3,(H,20,21). The number of benzene rings is 1. The van der Waals surface area contributed by atoms with Crippen LogP contribution in [0.1, 0.15) is 44.6 Å². The number of carbonyl (C=O) groups excluding carboxylic acids is 1. The van der Waals surface area contributed by atoms with Gasteiger partial charge >= 0.3 is 0 Å². The number of aryl methyl sites for hydroxylation is 1. The van der Waals surface area contributed by atoms with Crippen molar-refractivity contribution in [2.75, 3.05) is 11.9 Å². The van der Waals surface area contributed by atoms with Crippen LogP contribution in [0.4, 0.5) is 5.69 Å². The molecular weight excluding hydrogens is 260 g/mol. The number of carbonyl (C=O) groups is 1. The fourth-order valence-electron chi connectivity index (χ4n) is 2.56. The Balaban J connectivity index is 1.72. The molecular formula is C18H26N2O. The highest BCUT2D eigenvalue weighted by atomic mass is 16.2. The lowest BCUT2D eigenvalue weighted by atomic mass is 9.97. The highest BCUT2D eigenvalue weighted by Crippen LogP contribution is 2.19. The summed E-state index contributed by atoms with van der Waals surface area (Å²) in [5.41, 5.74) is 3.59. The van der Waals surface area contributed by atoms with E-state index in [4.69, 9.17) is 0 Å². The van der Waals surface area contributed by atoms with E-state index in [2.05, 4.69) is 16.7 Å². The molecule has 2 rings (SSSR count). The second-order valence-electron chi connectivity index (χ2n) is 5.89. The number of rotatable bonds is 6. The van der Waals surface area contributed by atoms with Crippen molar-refractivity contribution in [2.24, 2.45) is 0 Å². The number of hydrogen-bond donors (Lipinski definition) is 2. The predicted octanol–water partition coefficient (Wildman–Crippen LogP) is 3.80. The van der Waals surface area contributed by atoms with Crippen molar-refractivity contribution in [3.63, 3.8) is 0 Å². The van der Waals surface area contributed by atoms with Crippen LogP contribution in [0.3, 0.4) is 0 Å². The largest absolute Gasteiger partial charge is 0.325 e. The molecule has 1 unspecified atom stereocenters. The zero-order valence-corrected chi connectivity index (χ0v) is 13.1. The Labute approximate surface area is 127 Å². The van der Waals surface area contributed by atoms with Gasteiger partial charge in [-0.25, -0.2) is 0 Å². The van der Waals surface area contributed by atoms with Crippen LogP contribution in [-0.2, 0) is 4.79 Å². The zero-order valence-electron chi connectivity index (χ0n) is 13.1. The first-order chi connectivity index (χ1) is 10.1. The second kappa shape index (κ2) is 7.99. The Kier molecular flexibility index (Phi) is 6.00. The maximum Gasteiger partial charge on any atom is 0.241 e. The Morgan fingerprint density at radius 3 is 2.67 bits per heavy atom. The monoisotopic (exact) mass is 286 g/mol. The molecule has 114 valence electrons. The molecule has 1 amide bonds. The molecule has 2 N–H and O–H groups in total. The van der Waals surface area contributed by atoms with Gasteiger partial charge in [0.25, 0.3) is 0 Å². The lowest BCUT2D eigenvalue weighted by Gasteiger charge is -2.16. The van der Waals surface area contributed by atoms with Gasteiger partial charge in [-0.15, -0.1) is 0 Å². The zero-order chi connectivity index (χ0) is 15.1. The van der Waals surface area contributed by atoms with Crippen LogP contribution in [0.2, 0.25) is 0 Å². The lowest BCUT2D eigenvalue weighted by Crippen LogP contribution is -2.38. The molecule has 0 saturated carbocycles. The summed E-state index contributed by atoms with van der Waals surface area (Å²) in [5, 5.41) is 6.25. The third-order valence-electron chi connectivity index (χ3n) is 3.99. The summed E-state index contributed by atoms with van der Waals surface area (Å²) in [7, 11) is 0. The quantitative estimate of drug-likeness (QED) is 0.781. The summed E-state index contributed by atoms with van der Waals surface area (Å²) in [6.45, 7) is 4.82. The third kappa shape index (κ3) is 5.35. The second-order valence-corrected chi connectivity index (χ2v) is 5.89. The van der Waals surface area contributed by atoms with Crippen LogP contribution in [0.5, 0.6) is 0 Å². The average Bonchev–Trinajstić information content (AvgIpc) is 2.50. The molecule has 0 fully saturated rings. The van der Waals surface area contributed by atoms with Gasteiger partial charge in [0.15, 0.2) is 0 Å². The maximum absolute atomic E-state index is 12.1. The fourth-order valence-corrected chi connectivity index (χ4v) is 2.56. The van der Waals surface area contributed by atoms with Gasteiger partial charge in [-0.2, -0.15) is 0 Å². The summed E-state index contributed by atoms with van der Waals surface area (Å²) < 4.78 is 0. The van der Waals surface area contributed by atoms with E-state index in [0.29, 0.717) is 0 Å². The smallest absolute Gasteiger partial charge is 0.241 e. The molecule has 0 spiro atoms. The van der Waals surface area contributed by atoms with E-state index in [1.165, 1.54) is 31.2 Å². The van der Waals surface area contributed by atoms with E-state index < -0.39 is 0 Å². The molecule has 21 heavy (non-hydrogen) atoms. The maximum atomic E-state index is 12.1. The summed E-state index contributed by atoms with van der Waals surface area (Å²) >= 11 is 0. The van der Waals surface area contributed by atoms with Crippen LogP contribution in [0, 0.1) is 6.92 Å². The topological polar surface area (TPSA) is 41.1 Å². The van der Waals surface area contributed by atoms with Gasteiger partial charge in [-0.1, -0.05) is 29.3 Å². The first kappa shape index (κ1) is 15.8. The molecule has 1 atom stereocenters. The van der Waals surface area contributed by atoms with Crippen LogP contribution >= 0.6 is 0 Å². The molecule has 1 aliphatic carbocycles. The molecule has 0 aliphatic heterocycles. The van der Waals surface area contributed by atoms with E-state index in [-0.39, 0.29) is 11.9 Å². The first-order valence-electron chi connectivity index (χ1n) is 7.94. The lowest BCUT2D eigenvalue weighted by molar-refractivity contribution is -0.117. The van der Waals surface area contributed by atoms with Crippen molar-refractivity contribution in [1.29, 1.82) is 0 Å². The van der Waals surface area contributed by atoms with Crippen molar-refractivity contribution in [1.82, 2.24) is 5.32 Å². The van der Waals surface area contributed by atoms with Crippen molar-refractivity contribution in [3.8, 4) is 0 Å². The summed E-state index contributed by atoms with van der Waals surface area (Å²) in [6.07, 6.45) is 8.51. The molecule has 0 heterocycles. The van der Waals surface area contributed by atoms with E-state index in [1.54, 1.807) is 5.57 Å². The minimum atomic E-state index is -0.171. The first-order valence-corrected chi connectivity index (χ1v) is 7.94. The normalized spacial score (nSPS) is 16.2. The van der Waals surface area contributed by atoms with Gasteiger partial charge in [-0.3, -0.25) is 4.79 Å². The number of hydrogen-bond acceptors (Lipinski definition) is 2. The van der Waals surface area contributed by atoms with Crippen LogP contribution < -0.4 is 10.6 Å². The number of allylic oxidation sites excluding steroid dienone is 1. The minimum absolute atomic E-state index is 0.0245. The van der Waals surface area contributed by atoms with E-state index in [1.807, 2.05) is 38.1 Å². The van der Waals surface area contributed by atoms with Gasteiger partial charge < -0.3 is 10.6 Å². The van der Waals surface area contributed by atoms with Crippen molar-refractivity contribution < 1.29 is 4.79 Å². The SMILES string of the molecule is Cc1ccc(NC(=O)C(C)NCCC2=CCCCC2)cc1. The van der Waals surface area contributed by atoms with Crippen LogP contribution in [-0.4, -0.2) is 18.5 Å². The third-order valence-corrected chi connectivity index (χ3v) is 3.99. The Morgan fingerprint density at radius 2 is 2.00 bits per heavy atom. The van der Waals surface area contributed by atoms with Gasteiger partial charge in [-0.05, 0) is 64.6 Å².